The predicted octanol–water partition coefficient (Wildman–Crippen LogP) is -1.99. The van der Waals surface area contributed by atoms with Crippen molar-refractivity contribution in [1.82, 2.24) is 19.9 Å². The molecule has 0 aliphatic rings. The first-order valence-corrected chi connectivity index (χ1v) is 11.9. The quantitative estimate of drug-likeness (QED) is 0.162. The van der Waals surface area contributed by atoms with E-state index in [4.69, 9.17) is 9.47 Å². The maximum absolute atomic E-state index is 10.1. The van der Waals surface area contributed by atoms with Crippen LogP contribution in [0.3, 0.4) is 0 Å². The molecule has 1 radical (unpaired) electrons. The number of carbonyl (C=O) groups excluding carboxylic acids is 2. The van der Waals surface area contributed by atoms with E-state index >= 15 is 0 Å². The first-order valence-electron chi connectivity index (χ1n) is 11.9. The largest absolute Gasteiger partial charge is 2.00 e. The zero-order chi connectivity index (χ0) is 28.4. The molecule has 4 heterocycles. The third kappa shape index (κ3) is 18.4. The van der Waals surface area contributed by atoms with Gasteiger partial charge in [0.05, 0.1) is 34.7 Å². The topological polar surface area (TPSA) is 309 Å². The van der Waals surface area contributed by atoms with Crippen LogP contribution >= 0.6 is 0 Å². The smallest absolute Gasteiger partial charge is 0.546 e. The molecule has 249 valence electrons. The van der Waals surface area contributed by atoms with Crippen molar-refractivity contribution in [2.45, 2.75) is 0 Å². The van der Waals surface area contributed by atoms with Crippen LogP contribution in [-0.4, -0.2) is 67.0 Å². The molecule has 4 aromatic heterocycles. The summed E-state index contributed by atoms with van der Waals surface area (Å²) in [5.41, 5.74) is 3.66. The van der Waals surface area contributed by atoms with E-state index in [0.717, 1.165) is 22.8 Å². The van der Waals surface area contributed by atoms with E-state index in [1.165, 1.54) is 24.3 Å². The monoisotopic (exact) mass is 686 g/mol. The average molecular weight is 687 g/mol. The third-order valence-electron chi connectivity index (χ3n) is 4.72. The van der Waals surface area contributed by atoms with Crippen LogP contribution in [0.5, 0.6) is 11.5 Å². The number of ether oxygens (including phenoxy) is 2. The van der Waals surface area contributed by atoms with Crippen LogP contribution in [-0.2, 0) is 31.8 Å². The average Bonchev–Trinajstić information content (AvgIpc) is 3.02. The van der Waals surface area contributed by atoms with Crippen molar-refractivity contribution >= 4 is 11.9 Å². The Morgan fingerprint density at radius 3 is 0.891 bits per heavy atom. The van der Waals surface area contributed by atoms with E-state index in [1.54, 1.807) is 24.8 Å². The number of aromatic nitrogens is 4. The van der Waals surface area contributed by atoms with Gasteiger partial charge in [0.15, 0.2) is 0 Å². The molecule has 0 fully saturated rings. The maximum Gasteiger partial charge on any atom is 2.00 e. The van der Waals surface area contributed by atoms with E-state index in [-0.39, 0.29) is 44.2 Å². The molecule has 0 amide bonds. The SMILES string of the molecule is O.O.O.O.O=C([O-])COc1ccc(OCC(=O)[O-])cc1.[Co+2].[OH3+].c1ccc(-c2ccccn2)nc1.c1ccc(-c2ccccn2)nc1. The van der Waals surface area contributed by atoms with Gasteiger partial charge in [-0.15, -0.1) is 0 Å². The number of hydrogen-bond donors (Lipinski definition) is 0. The number of benzene rings is 1. The van der Waals surface area contributed by atoms with Crippen molar-refractivity contribution in [2.75, 3.05) is 13.2 Å². The summed E-state index contributed by atoms with van der Waals surface area (Å²) in [5, 5.41) is 20.2. The number of rotatable bonds is 8. The molecule has 46 heavy (non-hydrogen) atoms. The van der Waals surface area contributed by atoms with Gasteiger partial charge in [0, 0.05) is 24.8 Å². The van der Waals surface area contributed by atoms with Crippen molar-refractivity contribution < 1.29 is 73.4 Å². The summed E-state index contributed by atoms with van der Waals surface area (Å²) in [6.07, 6.45) is 7.07. The summed E-state index contributed by atoms with van der Waals surface area (Å²) in [7, 11) is 0. The zero-order valence-corrected chi connectivity index (χ0v) is 25.2. The summed E-state index contributed by atoms with van der Waals surface area (Å²) < 4.78 is 9.60. The standard InChI is InChI=1S/2C10H8N2.C10H10O6.Co.5H2O/c2*1-3-7-11-9(5-1)10-6-2-4-8-12-10;11-9(12)5-15-7-1-2-8(4-3-7)16-6-10(13)14;;;;;;/h2*1-8H;1-4H,5-6H2,(H,11,12)(H,13,14);;5*1H2/q;;;+2;;;;;/p-1. The Balaban J connectivity index is -0.000000273. The van der Waals surface area contributed by atoms with Gasteiger partial charge in [0.2, 0.25) is 0 Å². The molecule has 0 aliphatic carbocycles. The molecule has 0 atom stereocenters. The molecule has 16 heteroatoms. The summed E-state index contributed by atoms with van der Waals surface area (Å²) in [5.74, 6) is -2.00. The van der Waals surface area contributed by atoms with E-state index < -0.39 is 25.2 Å². The van der Waals surface area contributed by atoms with E-state index in [0.29, 0.717) is 11.5 Å². The van der Waals surface area contributed by atoms with Crippen LogP contribution < -0.4 is 19.7 Å². The predicted molar refractivity (Wildman–Crippen MR) is 162 cm³/mol. The molecular formula is C30H35CoN4O11+. The van der Waals surface area contributed by atoms with Gasteiger partial charge in [-0.3, -0.25) is 19.9 Å². The van der Waals surface area contributed by atoms with Crippen LogP contribution in [0.2, 0.25) is 0 Å². The Morgan fingerprint density at radius 1 is 0.478 bits per heavy atom. The minimum Gasteiger partial charge on any atom is -0.546 e. The molecule has 1 aromatic carbocycles. The minimum absolute atomic E-state index is 0. The van der Waals surface area contributed by atoms with Gasteiger partial charge in [-0.1, -0.05) is 24.3 Å². The van der Waals surface area contributed by atoms with Gasteiger partial charge in [-0.05, 0) is 72.8 Å². The summed E-state index contributed by atoms with van der Waals surface area (Å²) in [6, 6.07) is 29.0. The van der Waals surface area contributed by atoms with Crippen molar-refractivity contribution in [3.8, 4) is 34.3 Å². The van der Waals surface area contributed by atoms with Gasteiger partial charge in [-0.2, -0.15) is 0 Å². The number of carboxylic acids is 2. The second-order valence-corrected chi connectivity index (χ2v) is 7.65. The van der Waals surface area contributed by atoms with Crippen molar-refractivity contribution in [3.63, 3.8) is 0 Å². The Hall–Kier alpha value is -5.33. The van der Waals surface area contributed by atoms with Crippen LogP contribution in [0.1, 0.15) is 0 Å². The molecule has 0 bridgehead atoms. The fraction of sp³-hybridized carbons (Fsp3) is 0.0667. The maximum atomic E-state index is 10.1. The number of carboxylic acid groups (broad SMARTS) is 2. The molecular weight excluding hydrogens is 651 g/mol. The molecule has 0 saturated carbocycles. The van der Waals surface area contributed by atoms with Crippen molar-refractivity contribution in [1.29, 1.82) is 0 Å². The molecule has 5 aromatic rings. The van der Waals surface area contributed by atoms with Crippen molar-refractivity contribution in [3.05, 3.63) is 122 Å². The molecule has 0 saturated heterocycles. The summed E-state index contributed by atoms with van der Waals surface area (Å²) >= 11 is 0. The van der Waals surface area contributed by atoms with Gasteiger partial charge < -0.3 is 56.7 Å². The van der Waals surface area contributed by atoms with Crippen molar-refractivity contribution in [2.24, 2.45) is 0 Å². The Bertz CT molecular complexity index is 1260. The number of nitrogens with zero attached hydrogens (tertiary/aromatic N) is 4. The van der Waals surface area contributed by atoms with Gasteiger partial charge in [-0.25, -0.2) is 0 Å². The number of carbonyl (C=O) groups is 2. The molecule has 0 spiro atoms. The second-order valence-electron chi connectivity index (χ2n) is 7.65. The third-order valence-corrected chi connectivity index (χ3v) is 4.72. The molecule has 11 N–H and O–H groups in total. The van der Waals surface area contributed by atoms with Gasteiger partial charge in [0.25, 0.3) is 0 Å². The molecule has 0 unspecified atom stereocenters. The Labute approximate surface area is 274 Å². The fourth-order valence-corrected chi connectivity index (χ4v) is 2.97. The fourth-order valence-electron chi connectivity index (χ4n) is 2.97. The number of aliphatic carboxylic acids is 2. The van der Waals surface area contributed by atoms with Gasteiger partial charge >= 0.3 is 16.8 Å². The van der Waals surface area contributed by atoms with Crippen LogP contribution in [0.4, 0.5) is 0 Å². The van der Waals surface area contributed by atoms with Crippen LogP contribution in [0, 0.1) is 0 Å². The first kappa shape index (κ1) is 47.6. The van der Waals surface area contributed by atoms with E-state index in [2.05, 4.69) is 19.9 Å². The summed E-state index contributed by atoms with van der Waals surface area (Å²) in [6.45, 7) is -1.08. The first-order chi connectivity index (χ1) is 19.5. The van der Waals surface area contributed by atoms with Crippen LogP contribution in [0.25, 0.3) is 22.8 Å². The Morgan fingerprint density at radius 2 is 0.717 bits per heavy atom. The summed E-state index contributed by atoms with van der Waals surface area (Å²) in [4.78, 5) is 36.9. The second kappa shape index (κ2) is 27.2. The van der Waals surface area contributed by atoms with E-state index in [1.807, 2.05) is 72.8 Å². The number of hydrogen-bond acceptors (Lipinski definition) is 10. The normalized spacial score (nSPS) is 8.35. The Kier molecular flexibility index (Phi) is 28.2. The zero-order valence-electron chi connectivity index (χ0n) is 24.1. The van der Waals surface area contributed by atoms with Crippen LogP contribution in [0.15, 0.2) is 122 Å². The molecule has 15 nitrogen and oxygen atoms in total. The minimum atomic E-state index is -1.32. The molecule has 0 aliphatic heterocycles. The molecule has 5 rings (SSSR count). The van der Waals surface area contributed by atoms with Gasteiger partial charge in [0.1, 0.15) is 24.7 Å². The number of pyridine rings is 4. The van der Waals surface area contributed by atoms with E-state index in [9.17, 15) is 19.8 Å².